The number of nitrogens with one attached hydrogen (secondary N) is 1. The highest BCUT2D eigenvalue weighted by Gasteiger charge is 2.37. The second-order valence-electron chi connectivity index (χ2n) is 6.64. The highest BCUT2D eigenvalue weighted by Crippen LogP contribution is 2.36. The molecular formula is C19H16F6N2O4S. The lowest BCUT2D eigenvalue weighted by Crippen LogP contribution is -2.45. The van der Waals surface area contributed by atoms with Crippen LogP contribution in [0, 0.1) is 0 Å². The minimum absolute atomic E-state index is 0.0813. The molecule has 0 saturated carbocycles. The summed E-state index contributed by atoms with van der Waals surface area (Å²) in [7, 11) is -3.90. The molecule has 1 atom stereocenters. The molecule has 6 nitrogen and oxygen atoms in total. The molecule has 0 spiro atoms. The first-order chi connectivity index (χ1) is 14.6. The Morgan fingerprint density at radius 1 is 0.906 bits per heavy atom. The van der Waals surface area contributed by atoms with E-state index in [1.54, 1.807) is 6.07 Å². The molecule has 0 aliphatic carbocycles. The first-order valence-electron chi connectivity index (χ1n) is 8.79. The molecule has 0 fully saturated rings. The molecule has 0 saturated heterocycles. The summed E-state index contributed by atoms with van der Waals surface area (Å²) in [5.74, 6) is -3.34. The third-order valence-electron chi connectivity index (χ3n) is 4.28. The van der Waals surface area contributed by atoms with Gasteiger partial charge < -0.3 is 11.1 Å². The van der Waals surface area contributed by atoms with E-state index in [1.165, 1.54) is 24.3 Å². The normalized spacial score (nSPS) is 13.4. The fraction of sp³-hybridized carbons (Fsp3) is 0.263. The van der Waals surface area contributed by atoms with Crippen LogP contribution < -0.4 is 11.1 Å². The van der Waals surface area contributed by atoms with Gasteiger partial charge in [-0.3, -0.25) is 9.59 Å². The summed E-state index contributed by atoms with van der Waals surface area (Å²) >= 11 is 0. The summed E-state index contributed by atoms with van der Waals surface area (Å²) in [6.45, 7) is 0. The third-order valence-corrected chi connectivity index (χ3v) is 6.04. The number of primary amides is 1. The van der Waals surface area contributed by atoms with Crippen LogP contribution in [0.15, 0.2) is 53.4 Å². The molecule has 32 heavy (non-hydrogen) atoms. The quantitative estimate of drug-likeness (QED) is 0.592. The molecule has 0 aromatic heterocycles. The van der Waals surface area contributed by atoms with Gasteiger partial charge in [0.15, 0.2) is 9.84 Å². The van der Waals surface area contributed by atoms with Crippen molar-refractivity contribution in [1.82, 2.24) is 5.32 Å². The molecule has 174 valence electrons. The molecule has 0 aliphatic rings. The second-order valence-corrected chi connectivity index (χ2v) is 8.75. The lowest BCUT2D eigenvalue weighted by molar-refractivity contribution is -0.143. The molecule has 0 aliphatic heterocycles. The lowest BCUT2D eigenvalue weighted by atomic mass is 10.0. The van der Waals surface area contributed by atoms with Crippen LogP contribution in [0.3, 0.4) is 0 Å². The smallest absolute Gasteiger partial charge is 0.368 e. The van der Waals surface area contributed by atoms with Gasteiger partial charge in [0.2, 0.25) is 5.91 Å². The molecule has 2 aromatic carbocycles. The van der Waals surface area contributed by atoms with Crippen molar-refractivity contribution in [3.05, 3.63) is 65.2 Å². The van der Waals surface area contributed by atoms with Gasteiger partial charge in [0.1, 0.15) is 6.04 Å². The number of hydrogen-bond donors (Lipinski definition) is 2. The number of nitrogens with two attached hydrogens (primary N) is 1. The number of halogens is 6. The van der Waals surface area contributed by atoms with E-state index in [0.717, 1.165) is 0 Å². The number of rotatable bonds is 7. The predicted octanol–water partition coefficient (Wildman–Crippen LogP) is 3.17. The van der Waals surface area contributed by atoms with Crippen LogP contribution in [0.1, 0.15) is 27.9 Å². The second kappa shape index (κ2) is 9.18. The van der Waals surface area contributed by atoms with E-state index in [0.29, 0.717) is 0 Å². The van der Waals surface area contributed by atoms with Crippen LogP contribution in [-0.4, -0.2) is 32.0 Å². The van der Waals surface area contributed by atoms with E-state index in [1.807, 2.05) is 5.32 Å². The number of carbonyl (C=O) groups is 2. The van der Waals surface area contributed by atoms with Crippen molar-refractivity contribution in [3.8, 4) is 0 Å². The Labute approximate surface area is 178 Å². The van der Waals surface area contributed by atoms with Crippen LogP contribution in [0.25, 0.3) is 0 Å². The number of benzene rings is 2. The fourth-order valence-electron chi connectivity index (χ4n) is 2.63. The van der Waals surface area contributed by atoms with Gasteiger partial charge in [-0.25, -0.2) is 8.42 Å². The number of hydrogen-bond acceptors (Lipinski definition) is 4. The summed E-state index contributed by atoms with van der Waals surface area (Å²) in [5, 5.41) is 1.90. The van der Waals surface area contributed by atoms with Gasteiger partial charge in [0.25, 0.3) is 5.91 Å². The molecule has 2 rings (SSSR count). The van der Waals surface area contributed by atoms with E-state index in [-0.39, 0.29) is 23.1 Å². The molecule has 0 bridgehead atoms. The Kier molecular flexibility index (Phi) is 7.23. The maximum absolute atomic E-state index is 13.0. The Balaban J connectivity index is 2.27. The van der Waals surface area contributed by atoms with Gasteiger partial charge in [-0.05, 0) is 36.8 Å². The van der Waals surface area contributed by atoms with Crippen molar-refractivity contribution >= 4 is 21.7 Å². The van der Waals surface area contributed by atoms with E-state index in [9.17, 15) is 44.3 Å². The van der Waals surface area contributed by atoms with E-state index in [4.69, 9.17) is 5.73 Å². The number of carbonyl (C=O) groups excluding carboxylic acids is 2. The maximum Gasteiger partial charge on any atom is 0.416 e. The summed E-state index contributed by atoms with van der Waals surface area (Å²) in [5.41, 5.74) is 0.652. The topological polar surface area (TPSA) is 106 Å². The molecular weight excluding hydrogens is 466 g/mol. The molecule has 13 heteroatoms. The van der Waals surface area contributed by atoms with Crippen LogP contribution >= 0.6 is 0 Å². The first kappa shape index (κ1) is 25.2. The van der Waals surface area contributed by atoms with Gasteiger partial charge in [0.05, 0.1) is 21.8 Å². The van der Waals surface area contributed by atoms with Gasteiger partial charge in [-0.2, -0.15) is 26.3 Å². The van der Waals surface area contributed by atoms with Gasteiger partial charge >= 0.3 is 12.4 Å². The minimum Gasteiger partial charge on any atom is -0.368 e. The summed E-state index contributed by atoms with van der Waals surface area (Å²) < 4.78 is 102. The number of sulfone groups is 1. The molecule has 2 aromatic rings. The van der Waals surface area contributed by atoms with E-state index < -0.39 is 68.9 Å². The largest absolute Gasteiger partial charge is 0.416 e. The Bertz CT molecular complexity index is 1070. The highest BCUT2D eigenvalue weighted by molar-refractivity contribution is 7.91. The molecule has 0 heterocycles. The van der Waals surface area contributed by atoms with Gasteiger partial charge in [0, 0.05) is 5.56 Å². The van der Waals surface area contributed by atoms with Crippen molar-refractivity contribution in [1.29, 1.82) is 0 Å². The maximum atomic E-state index is 13.0. The van der Waals surface area contributed by atoms with Crippen LogP contribution in [0.2, 0.25) is 0 Å². The number of amides is 2. The Hall–Kier alpha value is -3.09. The zero-order valence-corrected chi connectivity index (χ0v) is 16.8. The monoisotopic (exact) mass is 482 g/mol. The lowest BCUT2D eigenvalue weighted by Gasteiger charge is -2.18. The molecule has 2 amide bonds. The van der Waals surface area contributed by atoms with Crippen molar-refractivity contribution in [2.75, 3.05) is 5.75 Å². The SMILES string of the molecule is NC(=O)[C@H](CCS(=O)(=O)c1ccccc1)NC(=O)c1cc(C(F)(F)F)cc(C(F)(F)F)c1. The van der Waals surface area contributed by atoms with Crippen LogP contribution in [0.5, 0.6) is 0 Å². The van der Waals surface area contributed by atoms with Crippen LogP contribution in [0.4, 0.5) is 26.3 Å². The standard InChI is InChI=1S/C19H16F6N2O4S/c20-18(21,22)12-8-11(9-13(10-12)19(23,24)25)17(29)27-15(16(26)28)6-7-32(30,31)14-4-2-1-3-5-14/h1-5,8-10,15H,6-7H2,(H2,26,28)(H,27,29)/t15-/m0/s1. The highest BCUT2D eigenvalue weighted by atomic mass is 32.2. The van der Waals surface area contributed by atoms with Gasteiger partial charge in [-0.15, -0.1) is 0 Å². The van der Waals surface area contributed by atoms with Crippen molar-refractivity contribution < 1.29 is 44.3 Å². The average molecular weight is 482 g/mol. The van der Waals surface area contributed by atoms with Crippen molar-refractivity contribution in [3.63, 3.8) is 0 Å². The molecule has 0 unspecified atom stereocenters. The predicted molar refractivity (Wildman–Crippen MR) is 100 cm³/mol. The van der Waals surface area contributed by atoms with Crippen molar-refractivity contribution in [2.45, 2.75) is 29.7 Å². The molecule has 3 N–H and O–H groups in total. The van der Waals surface area contributed by atoms with E-state index in [2.05, 4.69) is 0 Å². The average Bonchev–Trinajstić information content (AvgIpc) is 2.69. The number of alkyl halides is 6. The molecule has 0 radical (unpaired) electrons. The third kappa shape index (κ3) is 6.45. The zero-order chi connectivity index (χ0) is 24.3. The van der Waals surface area contributed by atoms with E-state index >= 15 is 0 Å². The van der Waals surface area contributed by atoms with Crippen LogP contribution in [-0.2, 0) is 27.0 Å². The first-order valence-corrected chi connectivity index (χ1v) is 10.4. The summed E-state index contributed by atoms with van der Waals surface area (Å²) in [6.07, 6.45) is -10.9. The minimum atomic E-state index is -5.18. The fourth-order valence-corrected chi connectivity index (χ4v) is 3.99. The van der Waals surface area contributed by atoms with Crippen molar-refractivity contribution in [2.24, 2.45) is 5.73 Å². The summed E-state index contributed by atoms with van der Waals surface area (Å²) in [4.78, 5) is 23.9. The Morgan fingerprint density at radius 3 is 1.84 bits per heavy atom. The Morgan fingerprint density at radius 2 is 1.41 bits per heavy atom. The summed E-state index contributed by atoms with van der Waals surface area (Å²) in [6, 6.07) is 5.59. The zero-order valence-electron chi connectivity index (χ0n) is 16.0. The van der Waals surface area contributed by atoms with Gasteiger partial charge in [-0.1, -0.05) is 18.2 Å².